The summed E-state index contributed by atoms with van der Waals surface area (Å²) < 4.78 is 40.9. The fraction of sp³-hybridized carbons (Fsp3) is 0.375. The maximum atomic E-state index is 12.1. The summed E-state index contributed by atoms with van der Waals surface area (Å²) in [6.07, 6.45) is -3.73. The molecular formula is C8H9F3N2O. The molecule has 0 aliphatic heterocycles. The van der Waals surface area contributed by atoms with Crippen LogP contribution in [0.3, 0.4) is 0 Å². The first kappa shape index (κ1) is 10.6. The first-order valence-electron chi connectivity index (χ1n) is 3.84. The van der Waals surface area contributed by atoms with Gasteiger partial charge in [0.15, 0.2) is 6.10 Å². The lowest BCUT2D eigenvalue weighted by Crippen LogP contribution is -2.31. The highest BCUT2D eigenvalue weighted by molar-refractivity contribution is 5.49. The molecule has 0 saturated carbocycles. The number of rotatable bonds is 2. The van der Waals surface area contributed by atoms with Crippen LogP contribution < -0.4 is 10.5 Å². The second-order valence-electron chi connectivity index (χ2n) is 2.72. The molecule has 0 bridgehead atoms. The van der Waals surface area contributed by atoms with Crippen molar-refractivity contribution in [1.29, 1.82) is 0 Å². The minimum Gasteiger partial charge on any atom is -0.479 e. The minimum atomic E-state index is -4.39. The molecule has 6 heteroatoms. The number of halogens is 3. The zero-order valence-corrected chi connectivity index (χ0v) is 7.38. The molecule has 0 spiro atoms. The van der Waals surface area contributed by atoms with Crippen LogP contribution in [0.25, 0.3) is 0 Å². The average molecular weight is 206 g/mol. The number of hydrogen-bond acceptors (Lipinski definition) is 3. The number of aromatic nitrogens is 1. The van der Waals surface area contributed by atoms with Crippen LogP contribution in [0.1, 0.15) is 6.92 Å². The summed E-state index contributed by atoms with van der Waals surface area (Å²) in [5.74, 6) is -0.00942. The molecule has 1 heterocycles. The van der Waals surface area contributed by atoms with Gasteiger partial charge in [-0.05, 0) is 6.92 Å². The van der Waals surface area contributed by atoms with Crippen molar-refractivity contribution < 1.29 is 17.9 Å². The molecule has 1 rings (SSSR count). The number of nitrogens with two attached hydrogens (primary N) is 1. The zero-order chi connectivity index (χ0) is 10.8. The molecule has 0 amide bonds. The smallest absolute Gasteiger partial charge is 0.425 e. The normalized spacial score (nSPS) is 13.7. The monoisotopic (exact) mass is 206 g/mol. The van der Waals surface area contributed by atoms with E-state index in [1.807, 2.05) is 0 Å². The van der Waals surface area contributed by atoms with Crippen molar-refractivity contribution in [2.24, 2.45) is 0 Å². The Balaban J connectivity index is 2.75. The molecule has 14 heavy (non-hydrogen) atoms. The second-order valence-corrected chi connectivity index (χ2v) is 2.72. The molecule has 0 aliphatic rings. The lowest BCUT2D eigenvalue weighted by atomic mass is 10.3. The number of alkyl halides is 3. The van der Waals surface area contributed by atoms with Gasteiger partial charge in [-0.1, -0.05) is 0 Å². The summed E-state index contributed by atoms with van der Waals surface area (Å²) >= 11 is 0. The van der Waals surface area contributed by atoms with Gasteiger partial charge in [0.2, 0.25) is 0 Å². The summed E-state index contributed by atoms with van der Waals surface area (Å²) in [5.41, 5.74) is 5.44. The van der Waals surface area contributed by atoms with Crippen LogP contribution in [-0.2, 0) is 0 Å². The molecule has 0 aromatic carbocycles. The van der Waals surface area contributed by atoms with Crippen molar-refractivity contribution >= 4 is 5.69 Å². The first-order chi connectivity index (χ1) is 6.41. The molecule has 0 aliphatic carbocycles. The Kier molecular flexibility index (Phi) is 2.83. The average Bonchev–Trinajstić information content (AvgIpc) is 2.07. The Labute approximate surface area is 78.7 Å². The molecule has 2 N–H and O–H groups in total. The Hall–Kier alpha value is -1.46. The van der Waals surface area contributed by atoms with Crippen LogP contribution in [0.4, 0.5) is 18.9 Å². The Morgan fingerprint density at radius 1 is 1.50 bits per heavy atom. The van der Waals surface area contributed by atoms with Crippen molar-refractivity contribution in [2.75, 3.05) is 5.73 Å². The van der Waals surface area contributed by atoms with Crippen molar-refractivity contribution in [3.63, 3.8) is 0 Å². The van der Waals surface area contributed by atoms with E-state index in [0.717, 1.165) is 6.92 Å². The fourth-order valence-electron chi connectivity index (χ4n) is 0.759. The number of nitrogens with zero attached hydrogens (tertiary/aromatic N) is 1. The van der Waals surface area contributed by atoms with Gasteiger partial charge in [0.25, 0.3) is 0 Å². The van der Waals surface area contributed by atoms with E-state index in [1.165, 1.54) is 18.5 Å². The van der Waals surface area contributed by atoms with Crippen LogP contribution in [0.15, 0.2) is 18.5 Å². The van der Waals surface area contributed by atoms with E-state index >= 15 is 0 Å². The predicted octanol–water partition coefficient (Wildman–Crippen LogP) is 1.99. The molecule has 1 unspecified atom stereocenters. The van der Waals surface area contributed by atoms with Crippen LogP contribution in [0.5, 0.6) is 5.75 Å². The van der Waals surface area contributed by atoms with Crippen LogP contribution >= 0.6 is 0 Å². The summed E-state index contributed by atoms with van der Waals surface area (Å²) in [7, 11) is 0. The van der Waals surface area contributed by atoms with E-state index in [0.29, 0.717) is 0 Å². The summed E-state index contributed by atoms with van der Waals surface area (Å²) in [6, 6.07) is 1.29. The minimum absolute atomic E-state index is 0.00942. The third-order valence-electron chi connectivity index (χ3n) is 1.57. The highest BCUT2D eigenvalue weighted by atomic mass is 19.4. The molecule has 1 aromatic rings. The van der Waals surface area contributed by atoms with Gasteiger partial charge in [-0.3, -0.25) is 4.98 Å². The van der Waals surface area contributed by atoms with E-state index < -0.39 is 12.3 Å². The second kappa shape index (κ2) is 3.73. The van der Waals surface area contributed by atoms with Gasteiger partial charge < -0.3 is 10.5 Å². The number of hydrogen-bond donors (Lipinski definition) is 1. The largest absolute Gasteiger partial charge is 0.479 e. The molecule has 1 atom stereocenters. The number of anilines is 1. The van der Waals surface area contributed by atoms with Crippen LogP contribution in [0, 0.1) is 0 Å². The highest BCUT2D eigenvalue weighted by Gasteiger charge is 2.38. The van der Waals surface area contributed by atoms with E-state index in [9.17, 15) is 13.2 Å². The first-order valence-corrected chi connectivity index (χ1v) is 3.84. The maximum absolute atomic E-state index is 12.1. The summed E-state index contributed by atoms with van der Waals surface area (Å²) in [6.45, 7) is 0.917. The van der Waals surface area contributed by atoms with Crippen molar-refractivity contribution in [2.45, 2.75) is 19.2 Å². The van der Waals surface area contributed by atoms with Gasteiger partial charge in [0.05, 0.1) is 11.9 Å². The fourth-order valence-corrected chi connectivity index (χ4v) is 0.759. The van der Waals surface area contributed by atoms with E-state index in [2.05, 4.69) is 9.72 Å². The van der Waals surface area contributed by atoms with Crippen LogP contribution in [0.2, 0.25) is 0 Å². The van der Waals surface area contributed by atoms with Gasteiger partial charge in [-0.15, -0.1) is 0 Å². The van der Waals surface area contributed by atoms with Gasteiger partial charge in [-0.25, -0.2) is 0 Å². The Morgan fingerprint density at radius 3 is 2.64 bits per heavy atom. The Morgan fingerprint density at radius 2 is 2.14 bits per heavy atom. The molecule has 78 valence electrons. The summed E-state index contributed by atoms with van der Waals surface area (Å²) in [5, 5.41) is 0. The van der Waals surface area contributed by atoms with E-state index in [4.69, 9.17) is 5.73 Å². The number of nitrogen functional groups attached to an aromatic ring is 1. The van der Waals surface area contributed by atoms with Crippen molar-refractivity contribution in [3.8, 4) is 5.75 Å². The molecule has 0 fully saturated rings. The lowest BCUT2D eigenvalue weighted by molar-refractivity contribution is -0.189. The lowest BCUT2D eigenvalue weighted by Gasteiger charge is -2.18. The molecule has 0 saturated heterocycles. The topological polar surface area (TPSA) is 48.1 Å². The SMILES string of the molecule is CC(Oc1ccncc1N)C(F)(F)F. The van der Waals surface area contributed by atoms with E-state index in [-0.39, 0.29) is 11.4 Å². The summed E-state index contributed by atoms with van der Waals surface area (Å²) in [4.78, 5) is 3.63. The predicted molar refractivity (Wildman–Crippen MR) is 44.8 cm³/mol. The molecule has 1 aromatic heterocycles. The molecule has 3 nitrogen and oxygen atoms in total. The van der Waals surface area contributed by atoms with Crippen molar-refractivity contribution in [1.82, 2.24) is 4.98 Å². The highest BCUT2D eigenvalue weighted by Crippen LogP contribution is 2.27. The van der Waals surface area contributed by atoms with Gasteiger partial charge in [0.1, 0.15) is 5.75 Å². The maximum Gasteiger partial charge on any atom is 0.425 e. The van der Waals surface area contributed by atoms with Gasteiger partial charge in [-0.2, -0.15) is 13.2 Å². The van der Waals surface area contributed by atoms with Gasteiger partial charge in [0, 0.05) is 12.3 Å². The van der Waals surface area contributed by atoms with E-state index in [1.54, 1.807) is 0 Å². The Bertz CT molecular complexity index is 314. The zero-order valence-electron chi connectivity index (χ0n) is 7.38. The molecular weight excluding hydrogens is 197 g/mol. The van der Waals surface area contributed by atoms with Gasteiger partial charge >= 0.3 is 6.18 Å². The molecule has 0 radical (unpaired) electrons. The third kappa shape index (κ3) is 2.51. The quantitative estimate of drug-likeness (QED) is 0.804. The number of pyridine rings is 1. The standard InChI is InChI=1S/C8H9F3N2O/c1-5(8(9,10)11)14-7-2-3-13-4-6(7)12/h2-5H,12H2,1H3. The number of ether oxygens (including phenoxy) is 1. The third-order valence-corrected chi connectivity index (χ3v) is 1.57. The van der Waals surface area contributed by atoms with Crippen LogP contribution in [-0.4, -0.2) is 17.3 Å². The van der Waals surface area contributed by atoms with Crippen molar-refractivity contribution in [3.05, 3.63) is 18.5 Å².